The van der Waals surface area contributed by atoms with Gasteiger partial charge in [0, 0.05) is 46.2 Å². The van der Waals surface area contributed by atoms with Gasteiger partial charge in [-0.3, -0.25) is 4.79 Å². The van der Waals surface area contributed by atoms with Crippen molar-refractivity contribution in [3.8, 4) is 0 Å². The van der Waals surface area contributed by atoms with Gasteiger partial charge in [-0.15, -0.1) is 10.2 Å². The number of hydrogen-bond acceptors (Lipinski definition) is 6. The fourth-order valence-corrected chi connectivity index (χ4v) is 2.70. The van der Waals surface area contributed by atoms with E-state index in [1.807, 2.05) is 17.0 Å². The third-order valence-corrected chi connectivity index (χ3v) is 4.02. The molecule has 3 heterocycles. The first kappa shape index (κ1) is 14.1. The molecule has 2 saturated heterocycles. The van der Waals surface area contributed by atoms with Crippen molar-refractivity contribution >= 4 is 17.5 Å². The normalized spacial score (nSPS) is 19.8. The van der Waals surface area contributed by atoms with E-state index >= 15 is 0 Å². The summed E-state index contributed by atoms with van der Waals surface area (Å²) in [6, 6.07) is 4.03. The second kappa shape index (κ2) is 6.26. The third-order valence-electron chi connectivity index (χ3n) is 4.02. The van der Waals surface area contributed by atoms with E-state index in [4.69, 9.17) is 4.74 Å². The Labute approximate surface area is 124 Å². The standard InChI is InChI=1S/C14H21N5O2/c1-12(20)17-4-6-18(7-5-17)13-2-3-14(16-15-13)19-8-10-21-11-9-19/h2-3H,4-11H2,1H3. The molecule has 0 aromatic carbocycles. The molecule has 1 aromatic heterocycles. The predicted octanol–water partition coefficient (Wildman–Crippen LogP) is -0.0183. The number of carbonyl (C=O) groups is 1. The molecule has 0 saturated carbocycles. The van der Waals surface area contributed by atoms with Gasteiger partial charge >= 0.3 is 0 Å². The number of anilines is 2. The van der Waals surface area contributed by atoms with Crippen molar-refractivity contribution in [1.82, 2.24) is 15.1 Å². The van der Waals surface area contributed by atoms with Gasteiger partial charge in [0.25, 0.3) is 0 Å². The van der Waals surface area contributed by atoms with Crippen LogP contribution in [-0.4, -0.2) is 73.5 Å². The molecule has 21 heavy (non-hydrogen) atoms. The molecule has 7 heteroatoms. The van der Waals surface area contributed by atoms with Gasteiger partial charge in [-0.2, -0.15) is 0 Å². The Morgan fingerprint density at radius 3 is 1.95 bits per heavy atom. The molecular formula is C14H21N5O2. The summed E-state index contributed by atoms with van der Waals surface area (Å²) >= 11 is 0. The molecule has 2 aliphatic heterocycles. The lowest BCUT2D eigenvalue weighted by atomic mass is 10.3. The van der Waals surface area contributed by atoms with Gasteiger partial charge < -0.3 is 19.4 Å². The van der Waals surface area contributed by atoms with Crippen LogP contribution in [-0.2, 0) is 9.53 Å². The van der Waals surface area contributed by atoms with Crippen LogP contribution in [0.25, 0.3) is 0 Å². The Hall–Kier alpha value is -1.89. The molecule has 0 N–H and O–H groups in total. The van der Waals surface area contributed by atoms with Crippen LogP contribution in [0.15, 0.2) is 12.1 Å². The van der Waals surface area contributed by atoms with Crippen molar-refractivity contribution in [3.63, 3.8) is 0 Å². The maximum absolute atomic E-state index is 11.3. The van der Waals surface area contributed by atoms with Gasteiger partial charge in [-0.25, -0.2) is 0 Å². The van der Waals surface area contributed by atoms with Crippen LogP contribution >= 0.6 is 0 Å². The largest absolute Gasteiger partial charge is 0.378 e. The van der Waals surface area contributed by atoms with Crippen molar-refractivity contribution in [2.75, 3.05) is 62.3 Å². The van der Waals surface area contributed by atoms with Crippen molar-refractivity contribution in [2.24, 2.45) is 0 Å². The highest BCUT2D eigenvalue weighted by Crippen LogP contribution is 2.17. The van der Waals surface area contributed by atoms with Crippen molar-refractivity contribution in [3.05, 3.63) is 12.1 Å². The smallest absolute Gasteiger partial charge is 0.219 e. The van der Waals surface area contributed by atoms with Gasteiger partial charge in [-0.1, -0.05) is 0 Å². The van der Waals surface area contributed by atoms with Crippen molar-refractivity contribution in [2.45, 2.75) is 6.92 Å². The lowest BCUT2D eigenvalue weighted by Crippen LogP contribution is -2.48. The fraction of sp³-hybridized carbons (Fsp3) is 0.643. The van der Waals surface area contributed by atoms with Crippen LogP contribution in [0.2, 0.25) is 0 Å². The van der Waals surface area contributed by atoms with E-state index in [0.717, 1.165) is 64.1 Å². The zero-order chi connectivity index (χ0) is 14.7. The molecule has 3 rings (SSSR count). The van der Waals surface area contributed by atoms with Crippen LogP contribution in [0.3, 0.4) is 0 Å². The van der Waals surface area contributed by atoms with Gasteiger partial charge in [-0.05, 0) is 12.1 Å². The molecule has 1 aromatic rings. The summed E-state index contributed by atoms with van der Waals surface area (Å²) in [5.41, 5.74) is 0. The quantitative estimate of drug-likeness (QED) is 0.763. The first-order valence-electron chi connectivity index (χ1n) is 7.41. The van der Waals surface area contributed by atoms with Crippen LogP contribution in [0.1, 0.15) is 6.92 Å². The lowest BCUT2D eigenvalue weighted by Gasteiger charge is -2.34. The van der Waals surface area contributed by atoms with Crippen LogP contribution < -0.4 is 9.80 Å². The molecule has 0 radical (unpaired) electrons. The molecule has 1 amide bonds. The maximum atomic E-state index is 11.3. The predicted molar refractivity (Wildman–Crippen MR) is 79.5 cm³/mol. The van der Waals surface area contributed by atoms with E-state index in [1.54, 1.807) is 6.92 Å². The molecule has 7 nitrogen and oxygen atoms in total. The van der Waals surface area contributed by atoms with Crippen molar-refractivity contribution < 1.29 is 9.53 Å². The first-order chi connectivity index (χ1) is 10.2. The Kier molecular flexibility index (Phi) is 4.19. The molecule has 2 fully saturated rings. The summed E-state index contributed by atoms with van der Waals surface area (Å²) in [5, 5.41) is 8.67. The number of morpholine rings is 1. The lowest BCUT2D eigenvalue weighted by molar-refractivity contribution is -0.129. The van der Waals surface area contributed by atoms with E-state index in [-0.39, 0.29) is 5.91 Å². The average Bonchev–Trinajstić information content (AvgIpc) is 2.56. The minimum atomic E-state index is 0.142. The molecule has 0 unspecified atom stereocenters. The number of amides is 1. The van der Waals surface area contributed by atoms with Crippen molar-refractivity contribution in [1.29, 1.82) is 0 Å². The Morgan fingerprint density at radius 1 is 0.952 bits per heavy atom. The minimum Gasteiger partial charge on any atom is -0.378 e. The van der Waals surface area contributed by atoms with Crippen LogP contribution in [0, 0.1) is 0 Å². The number of hydrogen-bond donors (Lipinski definition) is 0. The summed E-state index contributed by atoms with van der Waals surface area (Å²) in [5.74, 6) is 1.93. The zero-order valence-electron chi connectivity index (χ0n) is 12.4. The van der Waals surface area contributed by atoms with Gasteiger partial charge in [0.2, 0.25) is 5.91 Å². The second-order valence-corrected chi connectivity index (χ2v) is 5.34. The van der Waals surface area contributed by atoms with E-state index < -0.39 is 0 Å². The number of rotatable bonds is 2. The zero-order valence-corrected chi connectivity index (χ0v) is 12.4. The third kappa shape index (κ3) is 3.24. The highest BCUT2D eigenvalue weighted by atomic mass is 16.5. The monoisotopic (exact) mass is 291 g/mol. The van der Waals surface area contributed by atoms with Gasteiger partial charge in [0.1, 0.15) is 0 Å². The summed E-state index contributed by atoms with van der Waals surface area (Å²) in [4.78, 5) is 17.6. The molecule has 0 spiro atoms. The van der Waals surface area contributed by atoms with E-state index in [2.05, 4.69) is 20.0 Å². The number of nitrogens with zero attached hydrogens (tertiary/aromatic N) is 5. The molecule has 0 atom stereocenters. The summed E-state index contributed by atoms with van der Waals surface area (Å²) in [6.45, 7) is 7.97. The molecule has 2 aliphatic rings. The number of carbonyl (C=O) groups excluding carboxylic acids is 1. The van der Waals surface area contributed by atoms with Crippen LogP contribution in [0.5, 0.6) is 0 Å². The topological polar surface area (TPSA) is 61.8 Å². The SMILES string of the molecule is CC(=O)N1CCN(c2ccc(N3CCOCC3)nn2)CC1. The Balaban J connectivity index is 1.61. The molecule has 114 valence electrons. The Morgan fingerprint density at radius 2 is 1.48 bits per heavy atom. The van der Waals surface area contributed by atoms with E-state index in [1.165, 1.54) is 0 Å². The molecule has 0 bridgehead atoms. The Bertz CT molecular complexity index is 479. The average molecular weight is 291 g/mol. The fourth-order valence-electron chi connectivity index (χ4n) is 2.70. The van der Waals surface area contributed by atoms with E-state index in [9.17, 15) is 4.79 Å². The maximum Gasteiger partial charge on any atom is 0.219 e. The van der Waals surface area contributed by atoms with E-state index in [0.29, 0.717) is 0 Å². The first-order valence-corrected chi connectivity index (χ1v) is 7.41. The number of aromatic nitrogens is 2. The van der Waals surface area contributed by atoms with Crippen LogP contribution in [0.4, 0.5) is 11.6 Å². The summed E-state index contributed by atoms with van der Waals surface area (Å²) in [7, 11) is 0. The second-order valence-electron chi connectivity index (χ2n) is 5.34. The number of piperazine rings is 1. The highest BCUT2D eigenvalue weighted by Gasteiger charge is 2.20. The molecular weight excluding hydrogens is 270 g/mol. The highest BCUT2D eigenvalue weighted by molar-refractivity contribution is 5.73. The van der Waals surface area contributed by atoms with Gasteiger partial charge in [0.15, 0.2) is 11.6 Å². The van der Waals surface area contributed by atoms with Gasteiger partial charge in [0.05, 0.1) is 13.2 Å². The summed E-state index contributed by atoms with van der Waals surface area (Å²) < 4.78 is 5.34. The molecule has 0 aliphatic carbocycles. The summed E-state index contributed by atoms with van der Waals surface area (Å²) in [6.07, 6.45) is 0. The minimum absolute atomic E-state index is 0.142. The number of ether oxygens (including phenoxy) is 1.